The molecule has 26 heavy (non-hydrogen) atoms. The number of benzene rings is 2. The topological polar surface area (TPSA) is 75.5 Å². The van der Waals surface area contributed by atoms with Gasteiger partial charge in [0.1, 0.15) is 12.4 Å². The van der Waals surface area contributed by atoms with Gasteiger partial charge in [-0.15, -0.1) is 0 Å². The second kappa shape index (κ2) is 8.68. The van der Waals surface area contributed by atoms with Gasteiger partial charge in [0.15, 0.2) is 10.9 Å². The zero-order chi connectivity index (χ0) is 18.2. The molecule has 0 spiro atoms. The number of hydrazine groups is 1. The van der Waals surface area contributed by atoms with Crippen LogP contribution in [-0.4, -0.2) is 11.0 Å². The van der Waals surface area contributed by atoms with Gasteiger partial charge in [0.2, 0.25) is 0 Å². The van der Waals surface area contributed by atoms with Crippen LogP contribution in [0.4, 0.5) is 5.69 Å². The molecule has 0 saturated heterocycles. The second-order valence-corrected chi connectivity index (χ2v) is 5.72. The highest BCUT2D eigenvalue weighted by molar-refractivity contribution is 7.80. The first-order valence-electron chi connectivity index (χ1n) is 7.88. The van der Waals surface area contributed by atoms with Gasteiger partial charge in [-0.25, -0.2) is 0 Å². The lowest BCUT2D eigenvalue weighted by molar-refractivity contribution is 0.0916. The van der Waals surface area contributed by atoms with Crippen LogP contribution in [0.3, 0.4) is 0 Å². The molecule has 3 aromatic rings. The van der Waals surface area contributed by atoms with E-state index >= 15 is 0 Å². The third-order valence-electron chi connectivity index (χ3n) is 3.40. The molecule has 0 aliphatic carbocycles. The molecule has 6 nitrogen and oxygen atoms in total. The molecular formula is C19H17N3O3S. The Balaban J connectivity index is 1.44. The molecule has 3 rings (SSSR count). The summed E-state index contributed by atoms with van der Waals surface area (Å²) < 4.78 is 10.7. The molecule has 0 atom stereocenters. The number of anilines is 1. The minimum Gasteiger partial charge on any atom is -0.489 e. The monoisotopic (exact) mass is 367 g/mol. The number of hydrogen-bond acceptors (Lipinski definition) is 4. The number of rotatable bonds is 5. The van der Waals surface area contributed by atoms with Gasteiger partial charge in [-0.05, 0) is 54.2 Å². The predicted molar refractivity (Wildman–Crippen MR) is 103 cm³/mol. The summed E-state index contributed by atoms with van der Waals surface area (Å²) in [5, 5.41) is 3.22. The molecule has 132 valence electrons. The normalized spacial score (nSPS) is 10.0. The lowest BCUT2D eigenvalue weighted by Crippen LogP contribution is -2.43. The van der Waals surface area contributed by atoms with Crippen molar-refractivity contribution in [2.45, 2.75) is 6.61 Å². The van der Waals surface area contributed by atoms with E-state index in [-0.39, 0.29) is 10.9 Å². The molecular weight excluding hydrogens is 350 g/mol. The fourth-order valence-electron chi connectivity index (χ4n) is 2.12. The fraction of sp³-hybridized carbons (Fsp3) is 0.0526. The van der Waals surface area contributed by atoms with E-state index in [0.717, 1.165) is 17.0 Å². The summed E-state index contributed by atoms with van der Waals surface area (Å²) in [6.07, 6.45) is 1.42. The van der Waals surface area contributed by atoms with E-state index in [2.05, 4.69) is 16.2 Å². The van der Waals surface area contributed by atoms with Crippen molar-refractivity contribution < 1.29 is 13.9 Å². The standard InChI is InChI=1S/C19H17N3O3S/c23-18(17-7-4-12-24-17)21-22-19(26)20-15-8-10-16(11-9-15)25-13-14-5-2-1-3-6-14/h1-12H,13H2,(H,21,23)(H2,20,22,26). The summed E-state index contributed by atoms with van der Waals surface area (Å²) in [5.74, 6) is 0.536. The van der Waals surface area contributed by atoms with Crippen LogP contribution < -0.4 is 20.9 Å². The van der Waals surface area contributed by atoms with Crippen molar-refractivity contribution >= 4 is 28.9 Å². The number of nitrogens with one attached hydrogen (secondary N) is 3. The summed E-state index contributed by atoms with van der Waals surface area (Å²) in [5.41, 5.74) is 6.92. The minimum atomic E-state index is -0.413. The summed E-state index contributed by atoms with van der Waals surface area (Å²) in [4.78, 5) is 11.7. The van der Waals surface area contributed by atoms with Crippen LogP contribution in [0.5, 0.6) is 5.75 Å². The Morgan fingerprint density at radius 3 is 2.42 bits per heavy atom. The Labute approximate surface area is 156 Å². The maximum Gasteiger partial charge on any atom is 0.305 e. The number of hydrogen-bond donors (Lipinski definition) is 3. The maximum absolute atomic E-state index is 11.7. The van der Waals surface area contributed by atoms with Crippen molar-refractivity contribution in [3.63, 3.8) is 0 Å². The first-order valence-corrected chi connectivity index (χ1v) is 8.29. The minimum absolute atomic E-state index is 0.195. The molecule has 7 heteroatoms. The van der Waals surface area contributed by atoms with Crippen LogP contribution >= 0.6 is 12.2 Å². The SMILES string of the molecule is O=C(NNC(=S)Nc1ccc(OCc2ccccc2)cc1)c1ccco1. The van der Waals surface area contributed by atoms with Crippen molar-refractivity contribution in [1.29, 1.82) is 0 Å². The third kappa shape index (κ3) is 5.09. The van der Waals surface area contributed by atoms with Crippen molar-refractivity contribution in [3.8, 4) is 5.75 Å². The fourth-order valence-corrected chi connectivity index (χ4v) is 2.29. The molecule has 3 N–H and O–H groups in total. The van der Waals surface area contributed by atoms with Crippen LogP contribution in [0.25, 0.3) is 0 Å². The Hall–Kier alpha value is -3.32. The molecule has 1 aromatic heterocycles. The number of carbonyl (C=O) groups is 1. The number of thiocarbonyl (C=S) groups is 1. The number of amides is 1. The average Bonchev–Trinajstić information content (AvgIpc) is 3.21. The summed E-state index contributed by atoms with van der Waals surface area (Å²) in [6, 6.07) is 20.5. The molecule has 0 aliphatic rings. The van der Waals surface area contributed by atoms with Crippen molar-refractivity contribution in [2.75, 3.05) is 5.32 Å². The summed E-state index contributed by atoms with van der Waals surface area (Å²) in [7, 11) is 0. The van der Waals surface area contributed by atoms with Gasteiger partial charge in [0.25, 0.3) is 0 Å². The highest BCUT2D eigenvalue weighted by Crippen LogP contribution is 2.17. The Morgan fingerprint density at radius 1 is 0.962 bits per heavy atom. The lowest BCUT2D eigenvalue weighted by Gasteiger charge is -2.11. The number of furan rings is 1. The summed E-state index contributed by atoms with van der Waals surface area (Å²) in [6.45, 7) is 0.506. The molecule has 0 saturated carbocycles. The Morgan fingerprint density at radius 2 is 1.73 bits per heavy atom. The molecule has 1 amide bonds. The molecule has 0 bridgehead atoms. The lowest BCUT2D eigenvalue weighted by atomic mass is 10.2. The molecule has 0 radical (unpaired) electrons. The van der Waals surface area contributed by atoms with E-state index in [9.17, 15) is 4.79 Å². The van der Waals surface area contributed by atoms with Crippen molar-refractivity contribution in [3.05, 3.63) is 84.3 Å². The first kappa shape index (κ1) is 17.5. The quantitative estimate of drug-likeness (QED) is 0.473. The predicted octanol–water partition coefficient (Wildman–Crippen LogP) is 3.49. The largest absolute Gasteiger partial charge is 0.489 e. The van der Waals surface area contributed by atoms with Crippen molar-refractivity contribution in [1.82, 2.24) is 10.9 Å². The van der Waals surface area contributed by atoms with Crippen LogP contribution in [0.15, 0.2) is 77.4 Å². The van der Waals surface area contributed by atoms with Crippen LogP contribution in [-0.2, 0) is 6.61 Å². The zero-order valence-electron chi connectivity index (χ0n) is 13.8. The van der Waals surface area contributed by atoms with Gasteiger partial charge in [-0.1, -0.05) is 30.3 Å². The van der Waals surface area contributed by atoms with E-state index in [1.807, 2.05) is 54.6 Å². The van der Waals surface area contributed by atoms with Crippen LogP contribution in [0.2, 0.25) is 0 Å². The molecule has 0 aliphatic heterocycles. The van der Waals surface area contributed by atoms with Gasteiger partial charge in [0.05, 0.1) is 6.26 Å². The van der Waals surface area contributed by atoms with Gasteiger partial charge in [0, 0.05) is 5.69 Å². The van der Waals surface area contributed by atoms with E-state index in [1.54, 1.807) is 12.1 Å². The molecule has 0 unspecified atom stereocenters. The first-order chi connectivity index (χ1) is 12.7. The average molecular weight is 367 g/mol. The second-order valence-electron chi connectivity index (χ2n) is 5.31. The number of carbonyl (C=O) groups excluding carboxylic acids is 1. The molecule has 1 heterocycles. The molecule has 2 aromatic carbocycles. The van der Waals surface area contributed by atoms with Gasteiger partial charge in [-0.3, -0.25) is 15.6 Å². The van der Waals surface area contributed by atoms with E-state index in [4.69, 9.17) is 21.4 Å². The Kier molecular flexibility index (Phi) is 5.84. The Bertz CT molecular complexity index is 850. The summed E-state index contributed by atoms with van der Waals surface area (Å²) >= 11 is 5.13. The van der Waals surface area contributed by atoms with Crippen LogP contribution in [0, 0.1) is 0 Å². The highest BCUT2D eigenvalue weighted by Gasteiger charge is 2.08. The van der Waals surface area contributed by atoms with Crippen molar-refractivity contribution in [2.24, 2.45) is 0 Å². The maximum atomic E-state index is 11.7. The smallest absolute Gasteiger partial charge is 0.305 e. The van der Waals surface area contributed by atoms with Gasteiger partial charge >= 0.3 is 5.91 Å². The van der Waals surface area contributed by atoms with Crippen LogP contribution in [0.1, 0.15) is 16.1 Å². The van der Waals surface area contributed by atoms with E-state index in [0.29, 0.717) is 6.61 Å². The van der Waals surface area contributed by atoms with Gasteiger partial charge in [-0.2, -0.15) is 0 Å². The highest BCUT2D eigenvalue weighted by atomic mass is 32.1. The van der Waals surface area contributed by atoms with E-state index in [1.165, 1.54) is 6.26 Å². The number of ether oxygens (including phenoxy) is 1. The third-order valence-corrected chi connectivity index (χ3v) is 3.60. The van der Waals surface area contributed by atoms with E-state index < -0.39 is 5.91 Å². The van der Waals surface area contributed by atoms with Gasteiger partial charge < -0.3 is 14.5 Å². The zero-order valence-corrected chi connectivity index (χ0v) is 14.6. The molecule has 0 fully saturated rings.